The molecule has 0 radical (unpaired) electrons. The fourth-order valence-corrected chi connectivity index (χ4v) is 6.18. The van der Waals surface area contributed by atoms with Crippen molar-refractivity contribution in [3.05, 3.63) is 114 Å². The second-order valence-corrected chi connectivity index (χ2v) is 12.8. The summed E-state index contributed by atoms with van der Waals surface area (Å²) in [6.45, 7) is 11.0. The molecule has 0 fully saturated rings. The van der Waals surface area contributed by atoms with Crippen molar-refractivity contribution in [1.82, 2.24) is 9.66 Å². The fraction of sp³-hybridized carbons (Fsp3) is 0.243. The normalized spacial score (nSPS) is 11.4. The number of rotatable bonds is 12. The zero-order valence-electron chi connectivity index (χ0n) is 27.2. The van der Waals surface area contributed by atoms with Crippen LogP contribution in [0.3, 0.4) is 0 Å². The van der Waals surface area contributed by atoms with Crippen LogP contribution in [0.2, 0.25) is 0 Å². The van der Waals surface area contributed by atoms with Crippen molar-refractivity contribution in [1.29, 1.82) is 0 Å². The van der Waals surface area contributed by atoms with E-state index in [9.17, 15) is 14.7 Å². The summed E-state index contributed by atoms with van der Waals surface area (Å²) in [6.07, 6.45) is 1.58. The van der Waals surface area contributed by atoms with Crippen LogP contribution in [0.1, 0.15) is 66.2 Å². The second kappa shape index (κ2) is 15.2. The third kappa shape index (κ3) is 7.32. The fourth-order valence-electron chi connectivity index (χ4n) is 5.24. The average Bonchev–Trinajstić information content (AvgIpc) is 3.06. The van der Waals surface area contributed by atoms with Gasteiger partial charge in [-0.15, -0.1) is 0 Å². The van der Waals surface area contributed by atoms with Gasteiger partial charge in [0.05, 0.1) is 40.4 Å². The van der Waals surface area contributed by atoms with Crippen LogP contribution < -0.4 is 19.8 Å². The van der Waals surface area contributed by atoms with Crippen molar-refractivity contribution in [2.45, 2.75) is 47.1 Å². The minimum atomic E-state index is -1.01. The molecule has 0 bridgehead atoms. The topological polar surface area (TPSA) is 112 Å². The molecule has 0 aliphatic heterocycles. The highest BCUT2D eigenvalue weighted by Gasteiger charge is 2.20. The summed E-state index contributed by atoms with van der Waals surface area (Å²) < 4.78 is 20.5. The van der Waals surface area contributed by atoms with Crippen LogP contribution in [-0.4, -0.2) is 40.2 Å². The minimum Gasteiger partial charge on any atom is -0.494 e. The van der Waals surface area contributed by atoms with Crippen molar-refractivity contribution < 1.29 is 24.1 Å². The first kappa shape index (κ1) is 34.8. The van der Waals surface area contributed by atoms with E-state index in [1.807, 2.05) is 45.0 Å². The summed E-state index contributed by atoms with van der Waals surface area (Å²) in [5, 5.41) is 14.5. The third-order valence-electron chi connectivity index (χ3n) is 7.60. The largest absolute Gasteiger partial charge is 0.494 e. The van der Waals surface area contributed by atoms with Crippen LogP contribution >= 0.6 is 31.9 Å². The number of fused-ring (bicyclic) bond motifs is 1. The Hall–Kier alpha value is -4.48. The highest BCUT2D eigenvalue weighted by atomic mass is 79.9. The van der Waals surface area contributed by atoms with E-state index in [1.54, 1.807) is 42.6 Å². The predicted octanol–water partition coefficient (Wildman–Crippen LogP) is 8.98. The number of aromatic carboxylic acids is 1. The number of ether oxygens (including phenoxy) is 3. The van der Waals surface area contributed by atoms with Gasteiger partial charge in [-0.2, -0.15) is 9.78 Å². The molecule has 11 heteroatoms. The van der Waals surface area contributed by atoms with Gasteiger partial charge in [0.2, 0.25) is 0 Å². The first-order chi connectivity index (χ1) is 23.0. The van der Waals surface area contributed by atoms with E-state index in [1.165, 1.54) is 10.7 Å². The Bertz CT molecular complexity index is 2090. The Balaban J connectivity index is 1.61. The molecule has 4 aromatic carbocycles. The lowest BCUT2D eigenvalue weighted by Gasteiger charge is -2.18. The molecule has 1 N–H and O–H groups in total. The maximum absolute atomic E-state index is 14.0. The maximum Gasteiger partial charge on any atom is 0.335 e. The molecule has 5 rings (SSSR count). The lowest BCUT2D eigenvalue weighted by Crippen LogP contribution is -2.21. The highest BCUT2D eigenvalue weighted by Crippen LogP contribution is 2.43. The number of hydrogen-bond donors (Lipinski definition) is 1. The standard InChI is InChI=1S/C37H35Br2N3O6/c1-6-46-30-15-22(5)28(18-27(30)21(3)4)35-41-29-14-9-8-13-26(29)36(43)42(35)40-19-25-17-31(47-7-2)34(33(39)32(25)38)48-20-23-11-10-12-24(16-23)37(44)45/h8-19,21H,6-7,20H2,1-5H3,(H,44,45). The van der Waals surface area contributed by atoms with Gasteiger partial charge in [0.25, 0.3) is 5.56 Å². The summed E-state index contributed by atoms with van der Waals surface area (Å²) in [4.78, 5) is 30.4. The van der Waals surface area contributed by atoms with Crippen LogP contribution in [0.15, 0.2) is 85.6 Å². The SMILES string of the molecule is CCOc1cc(C)c(-c2nc3ccccc3c(=O)n2N=Cc2cc(OCC)c(OCc3cccc(C(=O)O)c3)c(Br)c2Br)cc1C(C)C. The number of benzene rings is 4. The monoisotopic (exact) mass is 775 g/mol. The molecule has 0 saturated carbocycles. The Labute approximate surface area is 295 Å². The number of para-hydroxylation sites is 1. The molecule has 0 unspecified atom stereocenters. The Morgan fingerprint density at radius 3 is 2.40 bits per heavy atom. The summed E-state index contributed by atoms with van der Waals surface area (Å²) in [7, 11) is 0. The summed E-state index contributed by atoms with van der Waals surface area (Å²) in [6, 6.07) is 19.6. The van der Waals surface area contributed by atoms with Gasteiger partial charge in [-0.05, 0) is 118 Å². The zero-order valence-corrected chi connectivity index (χ0v) is 30.4. The molecule has 0 atom stereocenters. The molecule has 248 valence electrons. The number of carbonyl (C=O) groups is 1. The first-order valence-electron chi connectivity index (χ1n) is 15.5. The first-order valence-corrected chi connectivity index (χ1v) is 17.1. The van der Waals surface area contributed by atoms with Gasteiger partial charge in [-0.1, -0.05) is 38.1 Å². The minimum absolute atomic E-state index is 0.112. The van der Waals surface area contributed by atoms with Crippen LogP contribution in [0.4, 0.5) is 0 Å². The molecule has 48 heavy (non-hydrogen) atoms. The van der Waals surface area contributed by atoms with E-state index < -0.39 is 5.97 Å². The molecule has 0 amide bonds. The summed E-state index contributed by atoms with van der Waals surface area (Å²) in [5.41, 5.74) is 4.41. The van der Waals surface area contributed by atoms with Crippen molar-refractivity contribution in [2.75, 3.05) is 13.2 Å². The van der Waals surface area contributed by atoms with E-state index in [4.69, 9.17) is 24.3 Å². The van der Waals surface area contributed by atoms with E-state index in [2.05, 4.69) is 45.7 Å². The number of aryl methyl sites for hydroxylation is 1. The van der Waals surface area contributed by atoms with E-state index in [0.717, 1.165) is 22.4 Å². The number of aromatic nitrogens is 2. The van der Waals surface area contributed by atoms with Crippen molar-refractivity contribution in [3.63, 3.8) is 0 Å². The molecular formula is C37H35Br2N3O6. The number of nitrogens with zero attached hydrogens (tertiary/aromatic N) is 3. The van der Waals surface area contributed by atoms with Gasteiger partial charge in [0.15, 0.2) is 17.3 Å². The molecule has 0 aliphatic carbocycles. The Morgan fingerprint density at radius 2 is 1.69 bits per heavy atom. The van der Waals surface area contributed by atoms with E-state index in [0.29, 0.717) is 61.5 Å². The number of halogens is 2. The van der Waals surface area contributed by atoms with Crippen molar-refractivity contribution >= 4 is 54.9 Å². The van der Waals surface area contributed by atoms with Crippen LogP contribution in [0.5, 0.6) is 17.2 Å². The zero-order chi connectivity index (χ0) is 34.5. The Morgan fingerprint density at radius 1 is 0.958 bits per heavy atom. The number of carboxylic acids is 1. The Kier molecular flexibility index (Phi) is 11.0. The molecule has 0 spiro atoms. The van der Waals surface area contributed by atoms with E-state index >= 15 is 0 Å². The van der Waals surface area contributed by atoms with Gasteiger partial charge < -0.3 is 19.3 Å². The molecule has 1 heterocycles. The average molecular weight is 778 g/mol. The van der Waals surface area contributed by atoms with Crippen LogP contribution in [-0.2, 0) is 6.61 Å². The van der Waals surface area contributed by atoms with Gasteiger partial charge in [-0.25, -0.2) is 9.78 Å². The molecule has 9 nitrogen and oxygen atoms in total. The molecule has 0 saturated heterocycles. The lowest BCUT2D eigenvalue weighted by molar-refractivity contribution is 0.0696. The van der Waals surface area contributed by atoms with Gasteiger partial charge in [0.1, 0.15) is 12.4 Å². The third-order valence-corrected chi connectivity index (χ3v) is 9.74. The van der Waals surface area contributed by atoms with Gasteiger partial charge >= 0.3 is 5.97 Å². The van der Waals surface area contributed by atoms with Crippen LogP contribution in [0, 0.1) is 6.92 Å². The van der Waals surface area contributed by atoms with Crippen molar-refractivity contribution in [2.24, 2.45) is 5.10 Å². The van der Waals surface area contributed by atoms with Gasteiger partial charge in [0, 0.05) is 15.6 Å². The highest BCUT2D eigenvalue weighted by molar-refractivity contribution is 9.13. The van der Waals surface area contributed by atoms with Crippen LogP contribution in [0.25, 0.3) is 22.3 Å². The van der Waals surface area contributed by atoms with Crippen molar-refractivity contribution in [3.8, 4) is 28.6 Å². The number of carboxylic acid groups (broad SMARTS) is 1. The van der Waals surface area contributed by atoms with Gasteiger partial charge in [-0.3, -0.25) is 4.79 Å². The molecule has 1 aromatic heterocycles. The quantitative estimate of drug-likeness (QED) is 0.126. The summed E-state index contributed by atoms with van der Waals surface area (Å²) >= 11 is 7.30. The smallest absolute Gasteiger partial charge is 0.335 e. The summed E-state index contributed by atoms with van der Waals surface area (Å²) in [5.74, 6) is 1.24. The number of hydrogen-bond acceptors (Lipinski definition) is 7. The second-order valence-electron chi connectivity index (χ2n) is 11.3. The lowest BCUT2D eigenvalue weighted by atomic mass is 9.96. The maximum atomic E-state index is 14.0. The molecule has 5 aromatic rings. The molecular weight excluding hydrogens is 742 g/mol. The van der Waals surface area contributed by atoms with E-state index in [-0.39, 0.29) is 23.6 Å². The molecule has 0 aliphatic rings. The predicted molar refractivity (Wildman–Crippen MR) is 195 cm³/mol.